The highest BCUT2D eigenvalue weighted by atomic mass is 19.1. The minimum Gasteiger partial charge on any atom is -0.377 e. The van der Waals surface area contributed by atoms with Crippen LogP contribution in [-0.2, 0) is 11.3 Å². The molecule has 0 saturated heterocycles. The van der Waals surface area contributed by atoms with Crippen molar-refractivity contribution in [2.75, 3.05) is 6.61 Å². The smallest absolute Gasteiger partial charge is 0.127 e. The van der Waals surface area contributed by atoms with E-state index in [0.717, 1.165) is 49.8 Å². The quantitative estimate of drug-likeness (QED) is 0.423. The number of hydrogen-bond donors (Lipinski definition) is 0. The second-order valence-corrected chi connectivity index (χ2v) is 6.46. The molecule has 0 aliphatic heterocycles. The maximum absolute atomic E-state index is 14.4. The topological polar surface area (TPSA) is 9.23 Å². The normalized spacial score (nSPS) is 21.7. The van der Waals surface area contributed by atoms with Crippen molar-refractivity contribution >= 4 is 0 Å². The zero-order chi connectivity index (χ0) is 15.8. The Bertz CT molecular complexity index is 461. The Morgan fingerprint density at radius 3 is 2.64 bits per heavy atom. The van der Waals surface area contributed by atoms with Crippen molar-refractivity contribution in [2.45, 2.75) is 64.4 Å². The Labute approximate surface area is 134 Å². The van der Waals surface area contributed by atoms with Gasteiger partial charge in [0.15, 0.2) is 0 Å². The van der Waals surface area contributed by atoms with Crippen molar-refractivity contribution < 1.29 is 9.13 Å². The highest BCUT2D eigenvalue weighted by Crippen LogP contribution is 2.37. The molecule has 0 amide bonds. The van der Waals surface area contributed by atoms with Crippen molar-refractivity contribution in [1.82, 2.24) is 0 Å². The molecule has 2 heteroatoms. The van der Waals surface area contributed by atoms with Gasteiger partial charge in [0, 0.05) is 6.61 Å². The fourth-order valence-electron chi connectivity index (χ4n) is 3.30. The molecule has 0 atom stereocenters. The molecule has 0 N–H and O–H groups in total. The van der Waals surface area contributed by atoms with Crippen LogP contribution in [0.1, 0.15) is 68.9 Å². The first-order valence-corrected chi connectivity index (χ1v) is 8.73. The zero-order valence-corrected chi connectivity index (χ0v) is 13.8. The van der Waals surface area contributed by atoms with Crippen LogP contribution in [-0.4, -0.2) is 6.61 Å². The van der Waals surface area contributed by atoms with Gasteiger partial charge in [-0.1, -0.05) is 38.0 Å². The molecular weight excluding hydrogens is 275 g/mol. The van der Waals surface area contributed by atoms with Crippen LogP contribution in [0.4, 0.5) is 4.39 Å². The predicted molar refractivity (Wildman–Crippen MR) is 90.5 cm³/mol. The summed E-state index contributed by atoms with van der Waals surface area (Å²) >= 11 is 0. The van der Waals surface area contributed by atoms with Crippen LogP contribution in [0.2, 0.25) is 0 Å². The SMILES string of the molecule is C=CC1CCC(c2ccc(COCCCCC)cc2F)CC1. The highest BCUT2D eigenvalue weighted by Gasteiger charge is 2.22. The molecule has 0 aromatic heterocycles. The third kappa shape index (κ3) is 4.95. The van der Waals surface area contributed by atoms with Crippen molar-refractivity contribution in [3.63, 3.8) is 0 Å². The van der Waals surface area contributed by atoms with Gasteiger partial charge in [-0.15, -0.1) is 6.58 Å². The summed E-state index contributed by atoms with van der Waals surface area (Å²) < 4.78 is 20.0. The molecule has 0 bridgehead atoms. The second-order valence-electron chi connectivity index (χ2n) is 6.46. The lowest BCUT2D eigenvalue weighted by atomic mass is 9.78. The maximum atomic E-state index is 14.4. The van der Waals surface area contributed by atoms with E-state index in [9.17, 15) is 4.39 Å². The van der Waals surface area contributed by atoms with E-state index in [4.69, 9.17) is 4.74 Å². The van der Waals surface area contributed by atoms with Crippen LogP contribution < -0.4 is 0 Å². The Kier molecular flexibility index (Phi) is 7.11. The molecule has 22 heavy (non-hydrogen) atoms. The molecule has 1 aliphatic rings. The molecule has 1 fully saturated rings. The van der Waals surface area contributed by atoms with Crippen LogP contribution in [0.25, 0.3) is 0 Å². The minimum atomic E-state index is -0.0586. The van der Waals surface area contributed by atoms with E-state index >= 15 is 0 Å². The van der Waals surface area contributed by atoms with E-state index in [1.54, 1.807) is 6.07 Å². The molecule has 2 rings (SSSR count). The van der Waals surface area contributed by atoms with Gasteiger partial charge in [0.05, 0.1) is 6.61 Å². The van der Waals surface area contributed by atoms with Gasteiger partial charge in [-0.2, -0.15) is 0 Å². The lowest BCUT2D eigenvalue weighted by Gasteiger charge is -2.27. The number of unbranched alkanes of at least 4 members (excludes halogenated alkanes) is 2. The van der Waals surface area contributed by atoms with Crippen molar-refractivity contribution in [2.24, 2.45) is 5.92 Å². The summed E-state index contributed by atoms with van der Waals surface area (Å²) in [5, 5.41) is 0. The zero-order valence-electron chi connectivity index (χ0n) is 13.8. The first-order valence-electron chi connectivity index (χ1n) is 8.73. The molecule has 0 spiro atoms. The average molecular weight is 304 g/mol. The molecule has 0 unspecified atom stereocenters. The van der Waals surface area contributed by atoms with Gasteiger partial charge in [0.2, 0.25) is 0 Å². The van der Waals surface area contributed by atoms with Gasteiger partial charge in [-0.3, -0.25) is 0 Å². The molecule has 0 heterocycles. The van der Waals surface area contributed by atoms with E-state index < -0.39 is 0 Å². The van der Waals surface area contributed by atoms with E-state index in [0.29, 0.717) is 18.4 Å². The van der Waals surface area contributed by atoms with Crippen LogP contribution in [0.5, 0.6) is 0 Å². The average Bonchev–Trinajstić information content (AvgIpc) is 2.55. The third-order valence-electron chi connectivity index (χ3n) is 4.77. The number of allylic oxidation sites excluding steroid dienone is 1. The van der Waals surface area contributed by atoms with Gasteiger partial charge >= 0.3 is 0 Å². The monoisotopic (exact) mass is 304 g/mol. The molecule has 1 aromatic rings. The number of rotatable bonds is 8. The van der Waals surface area contributed by atoms with Gasteiger partial charge in [0.1, 0.15) is 5.82 Å². The van der Waals surface area contributed by atoms with Crippen molar-refractivity contribution in [3.05, 3.63) is 47.8 Å². The van der Waals surface area contributed by atoms with E-state index in [-0.39, 0.29) is 5.82 Å². The first-order chi connectivity index (χ1) is 10.7. The number of ether oxygens (including phenoxy) is 1. The molecule has 1 saturated carbocycles. The minimum absolute atomic E-state index is 0.0586. The largest absolute Gasteiger partial charge is 0.377 e. The molecule has 1 aromatic carbocycles. The molecule has 1 nitrogen and oxygen atoms in total. The summed E-state index contributed by atoms with van der Waals surface area (Å²) in [7, 11) is 0. The van der Waals surface area contributed by atoms with Gasteiger partial charge in [-0.05, 0) is 61.1 Å². The Balaban J connectivity index is 1.85. The third-order valence-corrected chi connectivity index (χ3v) is 4.77. The second kappa shape index (κ2) is 9.09. The summed E-state index contributed by atoms with van der Waals surface area (Å²) in [5.41, 5.74) is 1.83. The Morgan fingerprint density at radius 2 is 2.00 bits per heavy atom. The number of benzene rings is 1. The Morgan fingerprint density at radius 1 is 1.23 bits per heavy atom. The summed E-state index contributed by atoms with van der Waals surface area (Å²) in [6, 6.07) is 5.66. The molecule has 1 aliphatic carbocycles. The van der Waals surface area contributed by atoms with Crippen molar-refractivity contribution in [1.29, 1.82) is 0 Å². The fourth-order valence-corrected chi connectivity index (χ4v) is 3.30. The summed E-state index contributed by atoms with van der Waals surface area (Å²) in [4.78, 5) is 0. The molecule has 0 radical (unpaired) electrons. The van der Waals surface area contributed by atoms with Crippen LogP contribution in [0.15, 0.2) is 30.9 Å². The fraction of sp³-hybridized carbons (Fsp3) is 0.600. The predicted octanol–water partition coefficient (Wildman–Crippen LogP) is 5.99. The Hall–Kier alpha value is -1.15. The lowest BCUT2D eigenvalue weighted by Crippen LogP contribution is -2.13. The van der Waals surface area contributed by atoms with Crippen LogP contribution in [0, 0.1) is 11.7 Å². The lowest BCUT2D eigenvalue weighted by molar-refractivity contribution is 0.117. The summed E-state index contributed by atoms with van der Waals surface area (Å²) in [6.45, 7) is 7.33. The van der Waals surface area contributed by atoms with E-state index in [1.807, 2.05) is 18.2 Å². The molecular formula is C20H29FO. The highest BCUT2D eigenvalue weighted by molar-refractivity contribution is 5.27. The van der Waals surface area contributed by atoms with Crippen molar-refractivity contribution in [3.8, 4) is 0 Å². The standard InChI is InChI=1S/C20H29FO/c1-3-5-6-13-22-15-17-9-12-19(20(21)14-17)18-10-7-16(4-2)8-11-18/h4,9,12,14,16,18H,2-3,5-8,10-11,13,15H2,1H3. The number of hydrogen-bond acceptors (Lipinski definition) is 1. The van der Waals surface area contributed by atoms with E-state index in [2.05, 4.69) is 13.5 Å². The first kappa shape index (κ1) is 17.2. The number of halogens is 1. The van der Waals surface area contributed by atoms with E-state index in [1.165, 1.54) is 12.8 Å². The maximum Gasteiger partial charge on any atom is 0.127 e. The van der Waals surface area contributed by atoms with Gasteiger partial charge in [-0.25, -0.2) is 4.39 Å². The van der Waals surface area contributed by atoms with Gasteiger partial charge < -0.3 is 4.74 Å². The molecule has 122 valence electrons. The van der Waals surface area contributed by atoms with Gasteiger partial charge in [0.25, 0.3) is 0 Å². The van der Waals surface area contributed by atoms with Crippen LogP contribution >= 0.6 is 0 Å². The summed E-state index contributed by atoms with van der Waals surface area (Å²) in [5.74, 6) is 0.933. The summed E-state index contributed by atoms with van der Waals surface area (Å²) in [6.07, 6.45) is 9.93. The van der Waals surface area contributed by atoms with Crippen LogP contribution in [0.3, 0.4) is 0 Å².